The molecule has 4 rings (SSSR count). The fourth-order valence-electron chi connectivity index (χ4n) is 3.63. The molecule has 2 atom stereocenters. The monoisotopic (exact) mass is 422 g/mol. The van der Waals surface area contributed by atoms with Crippen LogP contribution in [0, 0.1) is 6.92 Å². The summed E-state index contributed by atoms with van der Waals surface area (Å²) in [6, 6.07) is 16.0. The second kappa shape index (κ2) is 8.31. The van der Waals surface area contributed by atoms with Crippen molar-refractivity contribution in [3.8, 4) is 0 Å². The summed E-state index contributed by atoms with van der Waals surface area (Å²) >= 11 is 1.30. The van der Waals surface area contributed by atoms with Gasteiger partial charge in [-0.1, -0.05) is 71.9 Å². The largest absolute Gasteiger partial charge is 0.331 e. The number of aryl methyl sites for hydroxylation is 1. The highest BCUT2D eigenvalue weighted by molar-refractivity contribution is 8.14. The molecule has 2 aromatic carbocycles. The Morgan fingerprint density at radius 1 is 1.13 bits per heavy atom. The number of fused-ring (bicyclic) bond motifs is 1. The molecule has 1 N–H and O–H groups in total. The highest BCUT2D eigenvalue weighted by atomic mass is 32.2. The van der Waals surface area contributed by atoms with E-state index in [-0.39, 0.29) is 17.4 Å². The quantitative estimate of drug-likeness (QED) is 0.749. The minimum absolute atomic E-state index is 0.0115. The van der Waals surface area contributed by atoms with Gasteiger partial charge in [-0.2, -0.15) is 0 Å². The molecule has 0 saturated carbocycles. The summed E-state index contributed by atoms with van der Waals surface area (Å²) < 4.78 is 0. The lowest BCUT2D eigenvalue weighted by atomic mass is 10.1. The summed E-state index contributed by atoms with van der Waals surface area (Å²) in [5, 5.41) is 2.99. The fraction of sp³-hybridized carbons (Fsp3) is 0.273. The van der Waals surface area contributed by atoms with Crippen LogP contribution in [0.5, 0.6) is 0 Å². The molecule has 2 heterocycles. The van der Waals surface area contributed by atoms with Crippen LogP contribution in [-0.4, -0.2) is 57.7 Å². The molecule has 0 spiro atoms. The summed E-state index contributed by atoms with van der Waals surface area (Å²) in [6.45, 7) is 2.47. The van der Waals surface area contributed by atoms with E-state index in [1.165, 1.54) is 16.7 Å². The molecule has 0 bridgehead atoms. The fourth-order valence-corrected chi connectivity index (χ4v) is 4.58. The molecular formula is C22H22N4O3S. The van der Waals surface area contributed by atoms with Crippen molar-refractivity contribution in [1.82, 2.24) is 15.1 Å². The molecule has 1 saturated heterocycles. The lowest BCUT2D eigenvalue weighted by Crippen LogP contribution is -2.63. The first-order valence-corrected chi connectivity index (χ1v) is 10.6. The molecule has 30 heavy (non-hydrogen) atoms. The van der Waals surface area contributed by atoms with Gasteiger partial charge < -0.3 is 9.80 Å². The molecule has 2 aromatic rings. The lowest BCUT2D eigenvalue weighted by Gasteiger charge is -2.36. The predicted molar refractivity (Wildman–Crippen MR) is 116 cm³/mol. The Hall–Kier alpha value is -3.13. The summed E-state index contributed by atoms with van der Waals surface area (Å²) in [5.41, 5.74) is 2.79. The van der Waals surface area contributed by atoms with Crippen LogP contribution >= 0.6 is 11.8 Å². The maximum absolute atomic E-state index is 12.7. The molecule has 2 unspecified atom stereocenters. The molecule has 7 nitrogen and oxygen atoms in total. The number of likely N-dealkylation sites (N-methyl/N-ethyl adjacent to an activating group) is 1. The third-order valence-corrected chi connectivity index (χ3v) is 6.19. The Morgan fingerprint density at radius 2 is 1.90 bits per heavy atom. The molecule has 0 aromatic heterocycles. The maximum Gasteiger partial charge on any atom is 0.325 e. The van der Waals surface area contributed by atoms with Gasteiger partial charge in [-0.15, -0.1) is 0 Å². The van der Waals surface area contributed by atoms with E-state index in [0.29, 0.717) is 17.3 Å². The van der Waals surface area contributed by atoms with Crippen LogP contribution in [0.15, 0.2) is 59.6 Å². The minimum atomic E-state index is -0.623. The number of ketones is 1. The van der Waals surface area contributed by atoms with Crippen molar-refractivity contribution in [2.24, 2.45) is 4.99 Å². The first-order chi connectivity index (χ1) is 14.4. The van der Waals surface area contributed by atoms with Crippen LogP contribution in [0.25, 0.3) is 0 Å². The number of carbonyl (C=O) groups is 3. The van der Waals surface area contributed by atoms with E-state index in [1.54, 1.807) is 19.2 Å². The van der Waals surface area contributed by atoms with Crippen LogP contribution in [-0.2, 0) is 11.3 Å². The van der Waals surface area contributed by atoms with Gasteiger partial charge >= 0.3 is 6.03 Å². The zero-order valence-electron chi connectivity index (χ0n) is 16.7. The zero-order valence-corrected chi connectivity index (χ0v) is 17.6. The Kier molecular flexibility index (Phi) is 5.59. The third kappa shape index (κ3) is 3.95. The molecule has 0 radical (unpaired) electrons. The van der Waals surface area contributed by atoms with Crippen LogP contribution in [0.3, 0.4) is 0 Å². The third-order valence-electron chi connectivity index (χ3n) is 5.19. The van der Waals surface area contributed by atoms with Crippen LogP contribution < -0.4 is 5.32 Å². The molecule has 1 fully saturated rings. The predicted octanol–water partition coefficient (Wildman–Crippen LogP) is 2.66. The van der Waals surface area contributed by atoms with E-state index in [4.69, 9.17) is 0 Å². The van der Waals surface area contributed by atoms with Crippen LogP contribution in [0.4, 0.5) is 4.79 Å². The van der Waals surface area contributed by atoms with Crippen LogP contribution in [0.2, 0.25) is 0 Å². The Morgan fingerprint density at radius 3 is 2.63 bits per heavy atom. The van der Waals surface area contributed by atoms with Crippen molar-refractivity contribution >= 4 is 34.7 Å². The van der Waals surface area contributed by atoms with Crippen LogP contribution in [0.1, 0.15) is 21.5 Å². The van der Waals surface area contributed by atoms with Gasteiger partial charge in [-0.3, -0.25) is 14.9 Å². The molecule has 0 aliphatic carbocycles. The van der Waals surface area contributed by atoms with E-state index in [2.05, 4.69) is 16.4 Å². The summed E-state index contributed by atoms with van der Waals surface area (Å²) in [5.74, 6) is -0.182. The molecule has 3 amide bonds. The first-order valence-electron chi connectivity index (χ1n) is 9.63. The van der Waals surface area contributed by atoms with Crippen molar-refractivity contribution in [1.29, 1.82) is 0 Å². The van der Waals surface area contributed by atoms with Gasteiger partial charge in [-0.25, -0.2) is 9.79 Å². The maximum atomic E-state index is 12.7. The first kappa shape index (κ1) is 20.2. The normalized spacial score (nSPS) is 20.7. The van der Waals surface area contributed by atoms with E-state index in [1.807, 2.05) is 48.2 Å². The molecule has 154 valence electrons. The average Bonchev–Trinajstić information content (AvgIpc) is 3.10. The van der Waals surface area contributed by atoms with Crippen molar-refractivity contribution < 1.29 is 14.4 Å². The highest BCUT2D eigenvalue weighted by Gasteiger charge is 2.48. The number of amidine groups is 1. The van der Waals surface area contributed by atoms with Gasteiger partial charge in [0.05, 0.1) is 5.75 Å². The zero-order chi connectivity index (χ0) is 21.3. The smallest absolute Gasteiger partial charge is 0.325 e. The topological polar surface area (TPSA) is 82.1 Å². The van der Waals surface area contributed by atoms with Gasteiger partial charge in [0.25, 0.3) is 5.91 Å². The number of rotatable bonds is 5. The number of nitrogens with one attached hydrogen (secondary N) is 1. The average molecular weight is 423 g/mol. The van der Waals surface area contributed by atoms with E-state index >= 15 is 0 Å². The molecule has 8 heteroatoms. The summed E-state index contributed by atoms with van der Waals surface area (Å²) in [4.78, 5) is 45.3. The molecule has 2 aliphatic heterocycles. The van der Waals surface area contributed by atoms with Gasteiger partial charge in [0.15, 0.2) is 23.2 Å². The highest BCUT2D eigenvalue weighted by Crippen LogP contribution is 2.30. The number of carbonyl (C=O) groups excluding carboxylic acids is 3. The second-order valence-corrected chi connectivity index (χ2v) is 8.31. The minimum Gasteiger partial charge on any atom is -0.331 e. The summed E-state index contributed by atoms with van der Waals surface area (Å²) in [7, 11) is 1.62. The molecular weight excluding hydrogens is 400 g/mol. The van der Waals surface area contributed by atoms with Gasteiger partial charge in [-0.05, 0) is 12.5 Å². The number of Topliss-reactive ketones (excluding diaryl/α,β-unsaturated/α-hetero) is 1. The van der Waals surface area contributed by atoms with E-state index < -0.39 is 18.2 Å². The number of nitrogens with zero attached hydrogens (tertiary/aromatic N) is 3. The lowest BCUT2D eigenvalue weighted by molar-refractivity contribution is -0.127. The van der Waals surface area contributed by atoms with Gasteiger partial charge in [0, 0.05) is 19.2 Å². The number of amides is 3. The van der Waals surface area contributed by atoms with Gasteiger partial charge in [0.1, 0.15) is 0 Å². The standard InChI is InChI=1S/C22H22N4O3S/c1-14-7-6-8-15(11-14)12-26-18-19(25(2)21(29)24-20(18)28)23-22(26)30-13-17(27)16-9-4-3-5-10-16/h3-11,18-19H,12-13H2,1-2H3,(H,24,28,29). The van der Waals surface area contributed by atoms with Crippen molar-refractivity contribution in [2.45, 2.75) is 25.7 Å². The van der Waals surface area contributed by atoms with E-state index in [0.717, 1.165) is 11.1 Å². The SMILES string of the molecule is Cc1cccc(CN2C(SCC(=O)c3ccccc3)=NC3C2C(=O)NC(=O)N3C)c1. The number of imide groups is 1. The Bertz CT molecular complexity index is 1020. The van der Waals surface area contributed by atoms with E-state index in [9.17, 15) is 14.4 Å². The number of hydrogen-bond acceptors (Lipinski definition) is 6. The van der Waals surface area contributed by atoms with Crippen molar-refractivity contribution in [3.63, 3.8) is 0 Å². The summed E-state index contributed by atoms with van der Waals surface area (Å²) in [6.07, 6.45) is -0.606. The Balaban J connectivity index is 1.58. The number of benzene rings is 2. The Labute approximate surface area is 179 Å². The number of thioether (sulfide) groups is 1. The van der Waals surface area contributed by atoms with Crippen molar-refractivity contribution in [2.75, 3.05) is 12.8 Å². The van der Waals surface area contributed by atoms with Gasteiger partial charge in [0.2, 0.25) is 0 Å². The number of hydrogen-bond donors (Lipinski definition) is 1. The number of aliphatic imine (C=N–C) groups is 1. The second-order valence-electron chi connectivity index (χ2n) is 7.37. The number of urea groups is 1. The van der Waals surface area contributed by atoms with Crippen molar-refractivity contribution in [3.05, 3.63) is 71.3 Å². The molecule has 2 aliphatic rings.